The Morgan fingerprint density at radius 3 is 2.64 bits per heavy atom. The van der Waals surface area contributed by atoms with Crippen LogP contribution in [0.3, 0.4) is 0 Å². The molecule has 0 aromatic heterocycles. The van der Waals surface area contributed by atoms with Crippen LogP contribution in [0, 0.1) is 17.3 Å². The molecular weight excluding hydrogens is 172 g/mol. The van der Waals surface area contributed by atoms with Crippen LogP contribution in [-0.2, 0) is 4.79 Å². The lowest BCUT2D eigenvalue weighted by Crippen LogP contribution is -2.39. The maximum absolute atomic E-state index is 11.4. The summed E-state index contributed by atoms with van der Waals surface area (Å²) < 4.78 is 0. The molecule has 1 aliphatic rings. The molecule has 1 rings (SSSR count). The first kappa shape index (κ1) is 11.7. The van der Waals surface area contributed by atoms with Gasteiger partial charge in [0.2, 0.25) is 0 Å². The molecule has 1 saturated carbocycles. The van der Waals surface area contributed by atoms with Crippen LogP contribution in [0.5, 0.6) is 0 Å². The van der Waals surface area contributed by atoms with Gasteiger partial charge in [-0.1, -0.05) is 40.5 Å². The fraction of sp³-hybridized carbons (Fsp3) is 0.923. The van der Waals surface area contributed by atoms with Crippen LogP contribution >= 0.6 is 0 Å². The molecule has 0 aromatic rings. The summed E-state index contributed by atoms with van der Waals surface area (Å²) in [6.45, 7) is 9.23. The van der Waals surface area contributed by atoms with Gasteiger partial charge in [-0.3, -0.25) is 4.79 Å². The molecule has 3 unspecified atom stereocenters. The van der Waals surface area contributed by atoms with Gasteiger partial charge in [-0.05, 0) is 23.7 Å². The summed E-state index contributed by atoms with van der Waals surface area (Å²) in [5.74, 6) is 1.86. The number of hydrogen-bond acceptors (Lipinski definition) is 1. The minimum Gasteiger partial charge on any atom is -0.300 e. The van der Waals surface area contributed by atoms with Gasteiger partial charge in [-0.25, -0.2) is 0 Å². The molecule has 0 N–H and O–H groups in total. The van der Waals surface area contributed by atoms with Crippen LogP contribution in [-0.4, -0.2) is 5.78 Å². The second-order valence-corrected chi connectivity index (χ2v) is 5.16. The Labute approximate surface area is 88.3 Å². The van der Waals surface area contributed by atoms with Crippen LogP contribution in [0.4, 0.5) is 0 Å². The first-order valence-corrected chi connectivity index (χ1v) is 6.06. The molecule has 0 saturated heterocycles. The van der Waals surface area contributed by atoms with E-state index in [9.17, 15) is 4.79 Å². The van der Waals surface area contributed by atoms with Gasteiger partial charge in [-0.15, -0.1) is 0 Å². The van der Waals surface area contributed by atoms with E-state index in [4.69, 9.17) is 0 Å². The van der Waals surface area contributed by atoms with E-state index in [1.165, 1.54) is 6.42 Å². The predicted molar refractivity (Wildman–Crippen MR) is 60.2 cm³/mol. The number of carbonyl (C=O) groups is 1. The van der Waals surface area contributed by atoms with Gasteiger partial charge < -0.3 is 0 Å². The zero-order chi connectivity index (χ0) is 10.8. The van der Waals surface area contributed by atoms with Crippen LogP contribution in [0.15, 0.2) is 0 Å². The Morgan fingerprint density at radius 1 is 1.50 bits per heavy atom. The molecule has 0 amide bonds. The first-order valence-electron chi connectivity index (χ1n) is 6.06. The fourth-order valence-electron chi connectivity index (χ4n) is 2.95. The highest BCUT2D eigenvalue weighted by Crippen LogP contribution is 2.47. The molecular formula is C13H24O. The molecule has 0 aromatic carbocycles. The largest absolute Gasteiger partial charge is 0.300 e. The van der Waals surface area contributed by atoms with E-state index in [1.54, 1.807) is 0 Å². The second-order valence-electron chi connectivity index (χ2n) is 5.16. The highest BCUT2D eigenvalue weighted by atomic mass is 16.1. The van der Waals surface area contributed by atoms with E-state index in [2.05, 4.69) is 27.7 Å². The minimum atomic E-state index is 0.414. The van der Waals surface area contributed by atoms with E-state index in [0.717, 1.165) is 31.6 Å². The molecule has 0 radical (unpaired) electrons. The molecule has 82 valence electrons. The lowest BCUT2D eigenvalue weighted by Gasteiger charge is -2.45. The Kier molecular flexibility index (Phi) is 3.74. The van der Waals surface area contributed by atoms with Gasteiger partial charge in [0.05, 0.1) is 0 Å². The number of ketones is 1. The number of Topliss-reactive ketones (excluding diaryl/α,β-unsaturated/α-hetero) is 1. The lowest BCUT2D eigenvalue weighted by atomic mass is 9.59. The van der Waals surface area contributed by atoms with E-state index in [0.29, 0.717) is 17.1 Å². The minimum absolute atomic E-state index is 0.414. The van der Waals surface area contributed by atoms with Crippen molar-refractivity contribution < 1.29 is 4.79 Å². The average Bonchev–Trinajstić information content (AvgIpc) is 2.20. The Morgan fingerprint density at radius 2 is 2.14 bits per heavy atom. The third kappa shape index (κ3) is 2.02. The second kappa shape index (κ2) is 4.46. The van der Waals surface area contributed by atoms with Crippen molar-refractivity contribution >= 4 is 5.78 Å². The van der Waals surface area contributed by atoms with Crippen LogP contribution in [0.25, 0.3) is 0 Å². The monoisotopic (exact) mass is 196 g/mol. The van der Waals surface area contributed by atoms with Gasteiger partial charge in [0.25, 0.3) is 0 Å². The standard InChI is InChI=1S/C13H24O/c1-5-10(3)13(4)8-7-12(14)9-11(13)6-2/h10-11H,5-9H2,1-4H3. The average molecular weight is 196 g/mol. The Hall–Kier alpha value is -0.330. The molecule has 14 heavy (non-hydrogen) atoms. The zero-order valence-corrected chi connectivity index (χ0v) is 10.1. The van der Waals surface area contributed by atoms with Gasteiger partial charge in [0, 0.05) is 12.8 Å². The smallest absolute Gasteiger partial charge is 0.133 e. The topological polar surface area (TPSA) is 17.1 Å². The highest BCUT2D eigenvalue weighted by Gasteiger charge is 2.41. The molecule has 0 heterocycles. The maximum Gasteiger partial charge on any atom is 0.133 e. The number of carbonyl (C=O) groups excluding carboxylic acids is 1. The van der Waals surface area contributed by atoms with Crippen LogP contribution in [0.1, 0.15) is 59.8 Å². The molecule has 1 heteroatoms. The summed E-state index contributed by atoms with van der Waals surface area (Å²) >= 11 is 0. The van der Waals surface area contributed by atoms with Crippen LogP contribution < -0.4 is 0 Å². The predicted octanol–water partition coefficient (Wildman–Crippen LogP) is 3.82. The van der Waals surface area contributed by atoms with E-state index in [1.807, 2.05) is 0 Å². The molecule has 1 fully saturated rings. The molecule has 0 bridgehead atoms. The molecule has 0 spiro atoms. The zero-order valence-electron chi connectivity index (χ0n) is 10.1. The van der Waals surface area contributed by atoms with Crippen molar-refractivity contribution in [1.29, 1.82) is 0 Å². The summed E-state index contributed by atoms with van der Waals surface area (Å²) in [5, 5.41) is 0. The van der Waals surface area contributed by atoms with Crippen molar-refractivity contribution in [2.45, 2.75) is 59.8 Å². The Balaban J connectivity index is 2.79. The van der Waals surface area contributed by atoms with Gasteiger partial charge >= 0.3 is 0 Å². The third-order valence-corrected chi connectivity index (χ3v) is 4.58. The highest BCUT2D eigenvalue weighted by molar-refractivity contribution is 5.79. The van der Waals surface area contributed by atoms with Gasteiger partial charge in [-0.2, -0.15) is 0 Å². The summed E-state index contributed by atoms with van der Waals surface area (Å²) in [6.07, 6.45) is 5.15. The molecule has 1 aliphatic carbocycles. The van der Waals surface area contributed by atoms with Crippen molar-refractivity contribution in [3.63, 3.8) is 0 Å². The van der Waals surface area contributed by atoms with Crippen molar-refractivity contribution in [3.05, 3.63) is 0 Å². The molecule has 1 nitrogen and oxygen atoms in total. The maximum atomic E-state index is 11.4. The third-order valence-electron chi connectivity index (χ3n) is 4.58. The van der Waals surface area contributed by atoms with E-state index in [-0.39, 0.29) is 0 Å². The molecule has 3 atom stereocenters. The number of hydrogen-bond donors (Lipinski definition) is 0. The number of rotatable bonds is 3. The lowest BCUT2D eigenvalue weighted by molar-refractivity contribution is -0.126. The SMILES string of the molecule is CCC(C)C1(C)CCC(=O)CC1CC. The van der Waals surface area contributed by atoms with E-state index >= 15 is 0 Å². The van der Waals surface area contributed by atoms with E-state index < -0.39 is 0 Å². The summed E-state index contributed by atoms with van der Waals surface area (Å²) in [4.78, 5) is 11.4. The normalized spacial score (nSPS) is 35.7. The fourth-order valence-corrected chi connectivity index (χ4v) is 2.95. The summed E-state index contributed by atoms with van der Waals surface area (Å²) in [6, 6.07) is 0. The summed E-state index contributed by atoms with van der Waals surface area (Å²) in [5.41, 5.74) is 0.414. The molecule has 0 aliphatic heterocycles. The Bertz CT molecular complexity index is 209. The summed E-state index contributed by atoms with van der Waals surface area (Å²) in [7, 11) is 0. The van der Waals surface area contributed by atoms with Crippen LogP contribution in [0.2, 0.25) is 0 Å². The van der Waals surface area contributed by atoms with Crippen molar-refractivity contribution in [2.75, 3.05) is 0 Å². The quantitative estimate of drug-likeness (QED) is 0.670. The van der Waals surface area contributed by atoms with Crippen molar-refractivity contribution in [1.82, 2.24) is 0 Å². The van der Waals surface area contributed by atoms with Crippen molar-refractivity contribution in [2.24, 2.45) is 17.3 Å². The van der Waals surface area contributed by atoms with Crippen molar-refractivity contribution in [3.8, 4) is 0 Å². The van der Waals surface area contributed by atoms with Gasteiger partial charge in [0.1, 0.15) is 5.78 Å². The first-order chi connectivity index (χ1) is 6.54. The van der Waals surface area contributed by atoms with Gasteiger partial charge in [0.15, 0.2) is 0 Å².